The monoisotopic (exact) mass is 480 g/mol. The number of carbonyl (C=O) groups is 3. The molecule has 2 unspecified atom stereocenters. The largest absolute Gasteiger partial charge is 0.611 e. The lowest BCUT2D eigenvalue weighted by Crippen LogP contribution is -2.70. The van der Waals surface area contributed by atoms with Gasteiger partial charge in [-0.25, -0.2) is 9.89 Å². The van der Waals surface area contributed by atoms with Crippen LogP contribution in [0.3, 0.4) is 0 Å². The van der Waals surface area contributed by atoms with Crippen molar-refractivity contribution < 1.29 is 24.0 Å². The first-order valence-corrected chi connectivity index (χ1v) is 12.3. The van der Waals surface area contributed by atoms with Crippen LogP contribution < -0.4 is 5.32 Å². The van der Waals surface area contributed by atoms with Gasteiger partial charge < -0.3 is 15.0 Å². The van der Waals surface area contributed by atoms with Gasteiger partial charge in [0.2, 0.25) is 5.16 Å². The van der Waals surface area contributed by atoms with E-state index in [4.69, 9.17) is 0 Å². The Kier molecular flexibility index (Phi) is 6.50. The molecule has 2 aliphatic heterocycles. The second-order valence-corrected chi connectivity index (χ2v) is 10.0. The zero-order valence-corrected chi connectivity index (χ0v) is 18.2. The second kappa shape index (κ2) is 9.30. The van der Waals surface area contributed by atoms with Gasteiger partial charge in [-0.05, 0) is 39.3 Å². The van der Waals surface area contributed by atoms with Crippen LogP contribution in [0, 0.1) is 0 Å². The fourth-order valence-electron chi connectivity index (χ4n) is 3.15. The predicted molar refractivity (Wildman–Crippen MR) is 112 cm³/mol. The molecule has 3 heterocycles. The fraction of sp³-hybridized carbons (Fsp3) is 0.294. The maximum atomic E-state index is 12.7. The summed E-state index contributed by atoms with van der Waals surface area (Å²) in [5.41, 5.74) is 0.491. The number of hydrogen-bond donors (Lipinski definition) is 3. The first-order chi connectivity index (χ1) is 15.0. The molecule has 3 atom stereocenters. The van der Waals surface area contributed by atoms with Crippen molar-refractivity contribution in [3.63, 3.8) is 0 Å². The van der Waals surface area contributed by atoms with Gasteiger partial charge in [-0.2, -0.15) is 0 Å². The van der Waals surface area contributed by atoms with E-state index in [2.05, 4.69) is 25.9 Å². The molecular formula is C17H16N6O5S3. The van der Waals surface area contributed by atoms with E-state index in [0.29, 0.717) is 27.1 Å². The third-order valence-electron chi connectivity index (χ3n) is 4.54. The van der Waals surface area contributed by atoms with Gasteiger partial charge in [-0.3, -0.25) is 14.5 Å². The number of carboxylic acid groups (broad SMARTS) is 1. The Hall–Kier alpha value is -2.55. The van der Waals surface area contributed by atoms with Crippen molar-refractivity contribution >= 4 is 52.5 Å². The number of aromatic amines is 1. The number of fused-ring (bicyclic) bond motifs is 1. The van der Waals surface area contributed by atoms with E-state index in [9.17, 15) is 24.0 Å². The van der Waals surface area contributed by atoms with Crippen LogP contribution in [0.5, 0.6) is 0 Å². The molecule has 1 fully saturated rings. The van der Waals surface area contributed by atoms with Crippen LogP contribution in [0.25, 0.3) is 0 Å². The molecule has 31 heavy (non-hydrogen) atoms. The molecule has 0 radical (unpaired) electrons. The molecule has 1 aromatic heterocycles. The molecule has 3 N–H and O–H groups in total. The molecule has 2 aromatic rings. The van der Waals surface area contributed by atoms with E-state index in [1.807, 2.05) is 0 Å². The number of amides is 2. The summed E-state index contributed by atoms with van der Waals surface area (Å²) < 4.78 is 12.3. The van der Waals surface area contributed by atoms with Crippen LogP contribution in [-0.4, -0.2) is 81.6 Å². The lowest BCUT2D eigenvalue weighted by molar-refractivity contribution is -0.150. The molecule has 11 nitrogen and oxygen atoms in total. The average molecular weight is 481 g/mol. The van der Waals surface area contributed by atoms with E-state index in [0.717, 1.165) is 0 Å². The lowest BCUT2D eigenvalue weighted by atomic mass is 10.0. The SMILES string of the molecule is O=C(C[S+]([O-])c1ccccc1)NC1C(=O)N2C(C(=O)O)=C(CSc3nnn[nH]3)CS[C@@H]12. The highest BCUT2D eigenvalue weighted by Crippen LogP contribution is 2.41. The zero-order valence-electron chi connectivity index (χ0n) is 15.8. The van der Waals surface area contributed by atoms with Crippen molar-refractivity contribution in [2.75, 3.05) is 17.3 Å². The summed E-state index contributed by atoms with van der Waals surface area (Å²) in [6, 6.07) is 7.71. The summed E-state index contributed by atoms with van der Waals surface area (Å²) >= 11 is 1.06. The molecule has 14 heteroatoms. The Morgan fingerprint density at radius 1 is 1.39 bits per heavy atom. The van der Waals surface area contributed by atoms with Crippen LogP contribution >= 0.6 is 23.5 Å². The second-order valence-electron chi connectivity index (χ2n) is 6.51. The van der Waals surface area contributed by atoms with Crippen molar-refractivity contribution in [3.8, 4) is 0 Å². The molecule has 0 aliphatic carbocycles. The van der Waals surface area contributed by atoms with Gasteiger partial charge in [0.05, 0.1) is 0 Å². The minimum Gasteiger partial charge on any atom is -0.611 e. The van der Waals surface area contributed by atoms with Crippen LogP contribution in [0.2, 0.25) is 0 Å². The number of hydrogen-bond acceptors (Lipinski definition) is 9. The van der Waals surface area contributed by atoms with E-state index in [-0.39, 0.29) is 11.4 Å². The van der Waals surface area contributed by atoms with E-state index in [1.165, 1.54) is 28.4 Å². The van der Waals surface area contributed by atoms with Crippen LogP contribution in [-0.2, 0) is 25.6 Å². The minimum atomic E-state index is -1.54. The number of tetrazole rings is 1. The number of benzene rings is 1. The van der Waals surface area contributed by atoms with Crippen molar-refractivity contribution in [2.45, 2.75) is 21.5 Å². The number of nitrogens with one attached hydrogen (secondary N) is 2. The first-order valence-electron chi connectivity index (χ1n) is 8.95. The van der Waals surface area contributed by atoms with Gasteiger partial charge in [0.15, 0.2) is 10.6 Å². The number of aliphatic carboxylic acids is 1. The van der Waals surface area contributed by atoms with Gasteiger partial charge in [0.25, 0.3) is 11.8 Å². The number of carboxylic acids is 1. The molecular weight excluding hydrogens is 464 g/mol. The summed E-state index contributed by atoms with van der Waals surface area (Å²) in [6.45, 7) is 0. The Morgan fingerprint density at radius 3 is 2.84 bits per heavy atom. The smallest absolute Gasteiger partial charge is 0.352 e. The predicted octanol–water partition coefficient (Wildman–Crippen LogP) is -0.162. The van der Waals surface area contributed by atoms with Gasteiger partial charge in [0.1, 0.15) is 17.1 Å². The lowest BCUT2D eigenvalue weighted by Gasteiger charge is -2.49. The third-order valence-corrected chi connectivity index (χ3v) is 8.14. The summed E-state index contributed by atoms with van der Waals surface area (Å²) in [5.74, 6) is -1.83. The highest BCUT2D eigenvalue weighted by atomic mass is 32.2. The zero-order chi connectivity index (χ0) is 22.0. The Morgan fingerprint density at radius 2 is 2.16 bits per heavy atom. The van der Waals surface area contributed by atoms with E-state index >= 15 is 0 Å². The summed E-state index contributed by atoms with van der Waals surface area (Å²) in [6.07, 6.45) is 0. The number of thioether (sulfide) groups is 2. The Balaban J connectivity index is 1.40. The van der Waals surface area contributed by atoms with Gasteiger partial charge in [-0.15, -0.1) is 16.9 Å². The molecule has 2 aliphatic rings. The maximum Gasteiger partial charge on any atom is 0.352 e. The summed E-state index contributed by atoms with van der Waals surface area (Å²) in [5, 5.41) is 25.4. The van der Waals surface area contributed by atoms with Gasteiger partial charge >= 0.3 is 5.97 Å². The van der Waals surface area contributed by atoms with Crippen molar-refractivity contribution in [1.82, 2.24) is 30.8 Å². The topological polar surface area (TPSA) is 164 Å². The molecule has 4 rings (SSSR count). The third kappa shape index (κ3) is 4.56. The number of carbonyl (C=O) groups excluding carboxylic acids is 2. The number of aromatic nitrogens is 4. The summed E-state index contributed by atoms with van der Waals surface area (Å²) in [4.78, 5) is 38.6. The molecule has 0 spiro atoms. The van der Waals surface area contributed by atoms with E-state index < -0.39 is 40.4 Å². The van der Waals surface area contributed by atoms with Gasteiger partial charge in [0, 0.05) is 11.5 Å². The number of β-lactam (4-membered cyclic amide) rings is 1. The fourth-order valence-corrected chi connectivity index (χ4v) is 6.32. The Bertz CT molecular complexity index is 1020. The minimum absolute atomic E-state index is 0.0768. The summed E-state index contributed by atoms with van der Waals surface area (Å²) in [7, 11) is 0. The molecule has 1 saturated heterocycles. The molecule has 0 saturated carbocycles. The van der Waals surface area contributed by atoms with Crippen LogP contribution in [0.15, 0.2) is 51.7 Å². The van der Waals surface area contributed by atoms with Crippen molar-refractivity contribution in [3.05, 3.63) is 41.6 Å². The average Bonchev–Trinajstić information content (AvgIpc) is 3.29. The number of nitrogens with zero attached hydrogens (tertiary/aromatic N) is 4. The van der Waals surface area contributed by atoms with Crippen molar-refractivity contribution in [2.24, 2.45) is 0 Å². The van der Waals surface area contributed by atoms with Crippen LogP contribution in [0.1, 0.15) is 0 Å². The Labute approximate surface area is 187 Å². The first kappa shape index (κ1) is 21.7. The quantitative estimate of drug-likeness (QED) is 0.263. The highest BCUT2D eigenvalue weighted by Gasteiger charge is 2.54. The molecule has 1 aromatic carbocycles. The molecule has 162 valence electrons. The van der Waals surface area contributed by atoms with Crippen LogP contribution in [0.4, 0.5) is 0 Å². The van der Waals surface area contributed by atoms with Crippen molar-refractivity contribution in [1.29, 1.82) is 0 Å². The van der Waals surface area contributed by atoms with Gasteiger partial charge in [-0.1, -0.05) is 30.0 Å². The molecule has 0 bridgehead atoms. The highest BCUT2D eigenvalue weighted by molar-refractivity contribution is 8.01. The molecule has 2 amide bonds. The maximum absolute atomic E-state index is 12.7. The van der Waals surface area contributed by atoms with E-state index in [1.54, 1.807) is 30.3 Å². The standard InChI is InChI=1S/C17H16N6O5S3/c24-11(8-31(28)10-4-2-1-3-5-10)18-12-14(25)23-13(16(26)27)9(6-29-15(12)23)7-30-17-19-21-22-20-17/h1-5,12,15H,6-8H2,(H,18,24)(H,26,27)(H,19,20,21,22)/t12?,15-,31?/m0/s1. The number of rotatable bonds is 8. The number of H-pyrrole nitrogens is 1. The normalized spacial score (nSPS) is 21.3.